The third kappa shape index (κ3) is 5.14. The van der Waals surface area contributed by atoms with E-state index in [-0.39, 0.29) is 17.7 Å². The number of aliphatic hydroxyl groups excluding tert-OH is 1. The van der Waals surface area contributed by atoms with Gasteiger partial charge in [-0.2, -0.15) is 0 Å². The van der Waals surface area contributed by atoms with Crippen LogP contribution in [0.1, 0.15) is 18.5 Å². The number of aliphatic hydroxyl groups is 1. The second kappa shape index (κ2) is 8.94. The highest BCUT2D eigenvalue weighted by Crippen LogP contribution is 2.16. The first-order valence-corrected chi connectivity index (χ1v) is 9.24. The molecule has 0 saturated carbocycles. The van der Waals surface area contributed by atoms with Crippen LogP contribution in [-0.2, 0) is 9.59 Å². The number of β-amino-alcohol motifs (C(OH)–C–C–N with tert-alkyl or cyclic N) is 1. The fourth-order valence-electron chi connectivity index (χ4n) is 3.18. The fourth-order valence-corrected chi connectivity index (χ4v) is 3.18. The molecular weight excluding hydrogens is 365 g/mol. The number of anilines is 1. The molecule has 1 atom stereocenters. The van der Waals surface area contributed by atoms with E-state index in [9.17, 15) is 19.1 Å². The minimum atomic E-state index is -0.805. The number of carbonyl (C=O) groups is 2. The topological polar surface area (TPSA) is 99.5 Å². The van der Waals surface area contributed by atoms with Crippen molar-refractivity contribution in [2.24, 2.45) is 0 Å². The maximum Gasteiger partial charge on any atom is 0.314 e. The molecule has 9 heteroatoms. The molecule has 1 aromatic carbocycles. The van der Waals surface area contributed by atoms with Gasteiger partial charge in [0.05, 0.1) is 11.8 Å². The molecule has 2 amide bonds. The molecule has 150 valence electrons. The van der Waals surface area contributed by atoms with Crippen molar-refractivity contribution >= 4 is 17.6 Å². The Hall–Kier alpha value is -2.78. The van der Waals surface area contributed by atoms with E-state index in [1.54, 1.807) is 25.1 Å². The van der Waals surface area contributed by atoms with E-state index < -0.39 is 11.8 Å². The van der Waals surface area contributed by atoms with Crippen LogP contribution in [-0.4, -0.2) is 63.9 Å². The van der Waals surface area contributed by atoms with Gasteiger partial charge in [0.15, 0.2) is 5.82 Å². The smallest absolute Gasteiger partial charge is 0.314 e. The summed E-state index contributed by atoms with van der Waals surface area (Å²) in [5.41, 5.74) is 1.21. The largest absolute Gasteiger partial charge is 0.392 e. The van der Waals surface area contributed by atoms with Crippen LogP contribution in [0.3, 0.4) is 0 Å². The second-order valence-electron chi connectivity index (χ2n) is 6.87. The molecule has 8 nitrogen and oxygen atoms in total. The maximum absolute atomic E-state index is 13.4. The molecule has 3 rings (SSSR count). The lowest BCUT2D eigenvalue weighted by atomic mass is 10.3. The van der Waals surface area contributed by atoms with Gasteiger partial charge < -0.3 is 20.6 Å². The molecule has 0 bridgehead atoms. The summed E-state index contributed by atoms with van der Waals surface area (Å²) in [5.74, 6) is -1.71. The Morgan fingerprint density at radius 1 is 1.32 bits per heavy atom. The summed E-state index contributed by atoms with van der Waals surface area (Å²) in [7, 11) is 0. The summed E-state index contributed by atoms with van der Waals surface area (Å²) in [6.45, 7) is 4.40. The first-order chi connectivity index (χ1) is 13.4. The van der Waals surface area contributed by atoms with Gasteiger partial charge >= 0.3 is 11.8 Å². The van der Waals surface area contributed by atoms with E-state index in [1.807, 2.05) is 0 Å². The van der Waals surface area contributed by atoms with Crippen LogP contribution >= 0.6 is 0 Å². The summed E-state index contributed by atoms with van der Waals surface area (Å²) in [5, 5.41) is 18.7. The van der Waals surface area contributed by atoms with E-state index in [2.05, 4.69) is 20.6 Å². The molecule has 1 saturated heterocycles. The number of nitrogens with one attached hydrogen (secondary N) is 2. The molecular formula is C19H24FN5O3. The van der Waals surface area contributed by atoms with E-state index in [1.165, 1.54) is 16.8 Å². The SMILES string of the molecule is Cc1cc(NC(=O)C(=O)NCCCN2CC[C@@H](O)C2)nn1-c1cccc(F)c1. The first-order valence-electron chi connectivity index (χ1n) is 9.24. The van der Waals surface area contributed by atoms with Gasteiger partial charge in [-0.3, -0.25) is 9.59 Å². The molecule has 1 aromatic heterocycles. The number of hydrogen-bond acceptors (Lipinski definition) is 5. The average molecular weight is 389 g/mol. The standard InChI is InChI=1S/C19H24FN5O3/c1-13-10-17(23-25(13)15-5-2-4-14(20)11-15)22-19(28)18(27)21-7-3-8-24-9-6-16(26)12-24/h2,4-5,10-11,16,26H,3,6-9,12H2,1H3,(H,21,27)(H,22,23,28)/t16-/m1/s1. The lowest BCUT2D eigenvalue weighted by Crippen LogP contribution is -2.37. The lowest BCUT2D eigenvalue weighted by Gasteiger charge is -2.14. The number of benzene rings is 1. The second-order valence-corrected chi connectivity index (χ2v) is 6.87. The highest BCUT2D eigenvalue weighted by molar-refractivity contribution is 6.39. The van der Waals surface area contributed by atoms with Crippen molar-refractivity contribution in [3.05, 3.63) is 41.8 Å². The van der Waals surface area contributed by atoms with Gasteiger partial charge in [0, 0.05) is 31.4 Å². The van der Waals surface area contributed by atoms with Crippen molar-refractivity contribution in [3.8, 4) is 5.69 Å². The molecule has 2 heterocycles. The van der Waals surface area contributed by atoms with Gasteiger partial charge in [0.1, 0.15) is 5.82 Å². The molecule has 0 unspecified atom stereocenters. The minimum Gasteiger partial charge on any atom is -0.392 e. The summed E-state index contributed by atoms with van der Waals surface area (Å²) < 4.78 is 14.9. The van der Waals surface area contributed by atoms with Gasteiger partial charge in [0.25, 0.3) is 0 Å². The van der Waals surface area contributed by atoms with Crippen molar-refractivity contribution in [2.75, 3.05) is 31.5 Å². The molecule has 3 N–H and O–H groups in total. The Balaban J connectivity index is 1.47. The Labute approximate surface area is 162 Å². The number of likely N-dealkylation sites (tertiary alicyclic amines) is 1. The van der Waals surface area contributed by atoms with Crippen LogP contribution in [0, 0.1) is 12.7 Å². The summed E-state index contributed by atoms with van der Waals surface area (Å²) in [6.07, 6.45) is 1.20. The molecule has 0 spiro atoms. The summed E-state index contributed by atoms with van der Waals surface area (Å²) >= 11 is 0. The Morgan fingerprint density at radius 2 is 2.14 bits per heavy atom. The molecule has 0 radical (unpaired) electrons. The quantitative estimate of drug-likeness (QED) is 0.502. The number of rotatable bonds is 6. The summed E-state index contributed by atoms with van der Waals surface area (Å²) in [6, 6.07) is 7.54. The number of halogens is 1. The Bertz CT molecular complexity index is 854. The van der Waals surface area contributed by atoms with Crippen molar-refractivity contribution in [3.63, 3.8) is 0 Å². The number of aromatic nitrogens is 2. The zero-order valence-electron chi connectivity index (χ0n) is 15.7. The molecule has 1 aliphatic heterocycles. The van der Waals surface area contributed by atoms with Crippen LogP contribution in [0.25, 0.3) is 5.69 Å². The third-order valence-electron chi connectivity index (χ3n) is 4.57. The number of aryl methyl sites for hydroxylation is 1. The van der Waals surface area contributed by atoms with Gasteiger partial charge in [-0.05, 0) is 44.5 Å². The molecule has 1 fully saturated rings. The molecule has 2 aromatic rings. The van der Waals surface area contributed by atoms with Gasteiger partial charge in [-0.1, -0.05) is 6.07 Å². The van der Waals surface area contributed by atoms with Crippen LogP contribution in [0.15, 0.2) is 30.3 Å². The zero-order valence-corrected chi connectivity index (χ0v) is 15.7. The monoisotopic (exact) mass is 389 g/mol. The summed E-state index contributed by atoms with van der Waals surface area (Å²) in [4.78, 5) is 26.1. The van der Waals surface area contributed by atoms with E-state index in [0.717, 1.165) is 19.5 Å². The fraction of sp³-hybridized carbons (Fsp3) is 0.421. The normalized spacial score (nSPS) is 16.9. The maximum atomic E-state index is 13.4. The number of hydrogen-bond donors (Lipinski definition) is 3. The number of carbonyl (C=O) groups excluding carboxylic acids is 2. The average Bonchev–Trinajstić information content (AvgIpc) is 3.23. The highest BCUT2D eigenvalue weighted by Gasteiger charge is 2.20. The van der Waals surface area contributed by atoms with Gasteiger partial charge in [0.2, 0.25) is 0 Å². The molecule has 0 aliphatic carbocycles. The number of amides is 2. The van der Waals surface area contributed by atoms with Crippen molar-refractivity contribution in [2.45, 2.75) is 25.9 Å². The van der Waals surface area contributed by atoms with Crippen LogP contribution in [0.5, 0.6) is 0 Å². The van der Waals surface area contributed by atoms with Crippen molar-refractivity contribution in [1.82, 2.24) is 20.0 Å². The van der Waals surface area contributed by atoms with Crippen molar-refractivity contribution < 1.29 is 19.1 Å². The molecule has 28 heavy (non-hydrogen) atoms. The van der Waals surface area contributed by atoms with Crippen LogP contribution in [0.2, 0.25) is 0 Å². The lowest BCUT2D eigenvalue weighted by molar-refractivity contribution is -0.136. The van der Waals surface area contributed by atoms with Crippen molar-refractivity contribution in [1.29, 1.82) is 0 Å². The van der Waals surface area contributed by atoms with Gasteiger partial charge in [-0.15, -0.1) is 5.10 Å². The predicted molar refractivity (Wildman–Crippen MR) is 102 cm³/mol. The van der Waals surface area contributed by atoms with Crippen LogP contribution in [0.4, 0.5) is 10.2 Å². The van der Waals surface area contributed by atoms with Crippen LogP contribution < -0.4 is 10.6 Å². The number of nitrogens with zero attached hydrogens (tertiary/aromatic N) is 3. The van der Waals surface area contributed by atoms with E-state index in [4.69, 9.17) is 0 Å². The Morgan fingerprint density at radius 3 is 2.86 bits per heavy atom. The van der Waals surface area contributed by atoms with Gasteiger partial charge in [-0.25, -0.2) is 9.07 Å². The minimum absolute atomic E-state index is 0.216. The highest BCUT2D eigenvalue weighted by atomic mass is 19.1. The Kier molecular flexibility index (Phi) is 6.37. The van der Waals surface area contributed by atoms with E-state index >= 15 is 0 Å². The first kappa shape index (κ1) is 20.0. The van der Waals surface area contributed by atoms with E-state index in [0.29, 0.717) is 30.9 Å². The predicted octanol–water partition coefficient (Wildman–Crippen LogP) is 0.831. The third-order valence-corrected chi connectivity index (χ3v) is 4.57. The molecule has 1 aliphatic rings. The zero-order chi connectivity index (χ0) is 20.1.